The van der Waals surface area contributed by atoms with Gasteiger partial charge in [0, 0.05) is 25.7 Å². The second-order valence-electron chi connectivity index (χ2n) is 4.32. The third-order valence-electron chi connectivity index (χ3n) is 3.06. The second-order valence-corrected chi connectivity index (χ2v) is 5.17. The van der Waals surface area contributed by atoms with Gasteiger partial charge in [0.1, 0.15) is 5.69 Å². The molecule has 1 aliphatic rings. The molecule has 0 atom stereocenters. The van der Waals surface area contributed by atoms with Gasteiger partial charge in [-0.15, -0.1) is 0 Å². The van der Waals surface area contributed by atoms with E-state index < -0.39 is 0 Å². The van der Waals surface area contributed by atoms with Gasteiger partial charge in [0.2, 0.25) is 0 Å². The maximum Gasteiger partial charge on any atom is 0.185 e. The molecule has 1 aromatic heterocycles. The number of carbonyl (C=O) groups is 1. The number of aromatic nitrogens is 2. The maximum atomic E-state index is 12.4. The molecule has 0 radical (unpaired) electrons. The first kappa shape index (κ1) is 12.8. The van der Waals surface area contributed by atoms with Crippen LogP contribution >= 0.6 is 15.9 Å². The Hall–Kier alpha value is -0.680. The van der Waals surface area contributed by atoms with E-state index in [1.165, 1.54) is 0 Å². The van der Waals surface area contributed by atoms with Crippen LogP contribution in [0.5, 0.6) is 0 Å². The number of nitrogens with zero attached hydrogens (tertiary/aromatic N) is 2. The van der Waals surface area contributed by atoms with Crippen LogP contribution in [0.15, 0.2) is 10.7 Å². The molecule has 94 valence electrons. The van der Waals surface area contributed by atoms with Crippen LogP contribution in [0.25, 0.3) is 0 Å². The van der Waals surface area contributed by atoms with Crippen molar-refractivity contribution in [1.29, 1.82) is 0 Å². The minimum absolute atomic E-state index is 0.0901. The number of aryl methyl sites for hydroxylation is 1. The van der Waals surface area contributed by atoms with Crippen LogP contribution in [-0.2, 0) is 11.3 Å². The van der Waals surface area contributed by atoms with Crippen molar-refractivity contribution in [2.45, 2.75) is 32.7 Å². The number of ketones is 1. The number of ether oxygens (including phenoxy) is 1. The molecule has 0 saturated carbocycles. The molecule has 1 aromatic rings. The molecule has 1 fully saturated rings. The number of carbonyl (C=O) groups excluding carboxylic acids is 1. The Bertz CT molecular complexity index is 397. The van der Waals surface area contributed by atoms with Crippen LogP contribution in [-0.4, -0.2) is 28.8 Å². The lowest BCUT2D eigenvalue weighted by molar-refractivity contribution is 0.0537. The molecule has 17 heavy (non-hydrogen) atoms. The van der Waals surface area contributed by atoms with E-state index in [0.29, 0.717) is 13.2 Å². The summed E-state index contributed by atoms with van der Waals surface area (Å²) in [6, 6.07) is 0. The van der Waals surface area contributed by atoms with Crippen LogP contribution in [0.3, 0.4) is 0 Å². The molecule has 0 aromatic carbocycles. The van der Waals surface area contributed by atoms with Crippen molar-refractivity contribution in [1.82, 2.24) is 9.78 Å². The van der Waals surface area contributed by atoms with Crippen molar-refractivity contribution in [3.63, 3.8) is 0 Å². The Morgan fingerprint density at radius 1 is 1.59 bits per heavy atom. The topological polar surface area (TPSA) is 44.1 Å². The molecule has 0 N–H and O–H groups in total. The van der Waals surface area contributed by atoms with E-state index in [0.717, 1.165) is 36.0 Å². The summed E-state index contributed by atoms with van der Waals surface area (Å²) in [6.45, 7) is 4.25. The van der Waals surface area contributed by atoms with E-state index in [9.17, 15) is 4.79 Å². The van der Waals surface area contributed by atoms with E-state index >= 15 is 0 Å². The average molecular weight is 301 g/mol. The SMILES string of the molecule is CCCn1ncc(Br)c1C(=O)C1CCOCC1. The van der Waals surface area contributed by atoms with Gasteiger partial charge in [-0.1, -0.05) is 6.92 Å². The average Bonchev–Trinajstić information content (AvgIpc) is 2.71. The van der Waals surface area contributed by atoms with Crippen LogP contribution in [0.4, 0.5) is 0 Å². The molecular weight excluding hydrogens is 284 g/mol. The molecule has 0 bridgehead atoms. The molecule has 0 spiro atoms. The Morgan fingerprint density at radius 3 is 2.94 bits per heavy atom. The van der Waals surface area contributed by atoms with Gasteiger partial charge in [0.25, 0.3) is 0 Å². The van der Waals surface area contributed by atoms with E-state index in [1.807, 2.05) is 4.68 Å². The minimum Gasteiger partial charge on any atom is -0.381 e. The van der Waals surface area contributed by atoms with E-state index in [1.54, 1.807) is 6.20 Å². The lowest BCUT2D eigenvalue weighted by Crippen LogP contribution is -2.26. The van der Waals surface area contributed by atoms with Crippen LogP contribution in [0.2, 0.25) is 0 Å². The predicted octanol–water partition coefficient (Wildman–Crippen LogP) is 2.66. The van der Waals surface area contributed by atoms with Gasteiger partial charge in [-0.3, -0.25) is 9.48 Å². The van der Waals surface area contributed by atoms with Gasteiger partial charge < -0.3 is 4.74 Å². The number of rotatable bonds is 4. The highest BCUT2D eigenvalue weighted by atomic mass is 79.9. The smallest absolute Gasteiger partial charge is 0.185 e. The van der Waals surface area contributed by atoms with Gasteiger partial charge in [-0.05, 0) is 35.2 Å². The zero-order chi connectivity index (χ0) is 12.3. The third kappa shape index (κ3) is 2.77. The normalized spacial score (nSPS) is 17.3. The summed E-state index contributed by atoms with van der Waals surface area (Å²) >= 11 is 3.42. The van der Waals surface area contributed by atoms with Gasteiger partial charge >= 0.3 is 0 Å². The standard InChI is InChI=1S/C12H17BrN2O2/c1-2-5-15-11(10(13)8-14-15)12(16)9-3-6-17-7-4-9/h8-9H,2-7H2,1H3. The third-order valence-corrected chi connectivity index (χ3v) is 3.64. The molecule has 0 amide bonds. The molecule has 1 aliphatic heterocycles. The van der Waals surface area contributed by atoms with Gasteiger partial charge in [0.05, 0.1) is 10.7 Å². The lowest BCUT2D eigenvalue weighted by atomic mass is 9.93. The highest BCUT2D eigenvalue weighted by Gasteiger charge is 2.27. The Kier molecular flexibility index (Phi) is 4.34. The summed E-state index contributed by atoms with van der Waals surface area (Å²) in [5.74, 6) is 0.290. The summed E-state index contributed by atoms with van der Waals surface area (Å²) in [5.41, 5.74) is 0.721. The van der Waals surface area contributed by atoms with E-state index in [4.69, 9.17) is 4.74 Å². The van der Waals surface area contributed by atoms with Crippen LogP contribution < -0.4 is 0 Å². The monoisotopic (exact) mass is 300 g/mol. The summed E-state index contributed by atoms with van der Waals surface area (Å²) < 4.78 is 7.90. The molecule has 1 saturated heterocycles. The van der Waals surface area contributed by atoms with E-state index in [2.05, 4.69) is 28.0 Å². The molecular formula is C12H17BrN2O2. The molecule has 2 rings (SSSR count). The summed E-state index contributed by atoms with van der Waals surface area (Å²) in [6.07, 6.45) is 4.33. The molecule has 2 heterocycles. The van der Waals surface area contributed by atoms with Crippen LogP contribution in [0, 0.1) is 5.92 Å². The van der Waals surface area contributed by atoms with Crippen molar-refractivity contribution >= 4 is 21.7 Å². The van der Waals surface area contributed by atoms with Crippen molar-refractivity contribution < 1.29 is 9.53 Å². The van der Waals surface area contributed by atoms with Crippen molar-refractivity contribution in [3.05, 3.63) is 16.4 Å². The fraction of sp³-hybridized carbons (Fsp3) is 0.667. The zero-order valence-corrected chi connectivity index (χ0v) is 11.6. The molecule has 0 unspecified atom stereocenters. The van der Waals surface area contributed by atoms with E-state index in [-0.39, 0.29) is 11.7 Å². The van der Waals surface area contributed by atoms with Gasteiger partial charge in [0.15, 0.2) is 5.78 Å². The maximum absolute atomic E-state index is 12.4. The Morgan fingerprint density at radius 2 is 2.29 bits per heavy atom. The first-order chi connectivity index (χ1) is 8.24. The highest BCUT2D eigenvalue weighted by Crippen LogP contribution is 2.25. The van der Waals surface area contributed by atoms with Crippen LogP contribution in [0.1, 0.15) is 36.7 Å². The van der Waals surface area contributed by atoms with Crippen molar-refractivity contribution in [2.24, 2.45) is 5.92 Å². The number of Topliss-reactive ketones (excluding diaryl/α,β-unsaturated/α-hetero) is 1. The summed E-state index contributed by atoms with van der Waals surface area (Å²) in [4.78, 5) is 12.4. The van der Waals surface area contributed by atoms with Crippen molar-refractivity contribution in [2.75, 3.05) is 13.2 Å². The number of hydrogen-bond acceptors (Lipinski definition) is 3. The summed E-state index contributed by atoms with van der Waals surface area (Å²) in [7, 11) is 0. The number of hydrogen-bond donors (Lipinski definition) is 0. The Balaban J connectivity index is 2.19. The molecule has 5 heteroatoms. The first-order valence-corrected chi connectivity index (χ1v) is 6.86. The lowest BCUT2D eigenvalue weighted by Gasteiger charge is -2.21. The zero-order valence-electron chi connectivity index (χ0n) is 9.99. The second kappa shape index (κ2) is 5.78. The largest absolute Gasteiger partial charge is 0.381 e. The fourth-order valence-electron chi connectivity index (χ4n) is 2.14. The predicted molar refractivity (Wildman–Crippen MR) is 68.1 cm³/mol. The summed E-state index contributed by atoms with van der Waals surface area (Å²) in [5, 5.41) is 4.24. The quantitative estimate of drug-likeness (QED) is 0.803. The minimum atomic E-state index is 0.0901. The highest BCUT2D eigenvalue weighted by molar-refractivity contribution is 9.10. The van der Waals surface area contributed by atoms with Gasteiger partial charge in [-0.2, -0.15) is 5.10 Å². The van der Waals surface area contributed by atoms with Crippen molar-refractivity contribution in [3.8, 4) is 0 Å². The van der Waals surface area contributed by atoms with Gasteiger partial charge in [-0.25, -0.2) is 0 Å². The first-order valence-electron chi connectivity index (χ1n) is 6.07. The fourth-order valence-corrected chi connectivity index (χ4v) is 2.63. The number of halogens is 1. The molecule has 4 nitrogen and oxygen atoms in total. The molecule has 0 aliphatic carbocycles. The Labute approximate surface area is 109 Å².